The van der Waals surface area contributed by atoms with Crippen LogP contribution in [0, 0.1) is 5.92 Å². The monoisotopic (exact) mass is 227 g/mol. The fourth-order valence-electron chi connectivity index (χ4n) is 2.33. The lowest BCUT2D eigenvalue weighted by atomic mass is 9.76. The second-order valence-electron chi connectivity index (χ2n) is 4.70. The minimum absolute atomic E-state index is 0.106. The maximum Gasteiger partial charge on any atom is 0.329 e. The average Bonchev–Trinajstić information content (AvgIpc) is 2.57. The molecular formula is C11H17NO4. The van der Waals surface area contributed by atoms with Crippen LogP contribution in [0.15, 0.2) is 0 Å². The molecular weight excluding hydrogens is 210 g/mol. The van der Waals surface area contributed by atoms with E-state index < -0.39 is 11.5 Å². The van der Waals surface area contributed by atoms with Gasteiger partial charge in [0.15, 0.2) is 0 Å². The number of hydrogen-bond acceptors (Lipinski definition) is 3. The van der Waals surface area contributed by atoms with E-state index in [4.69, 9.17) is 9.84 Å². The zero-order valence-electron chi connectivity index (χ0n) is 9.36. The number of carbonyl (C=O) groups is 2. The second kappa shape index (κ2) is 4.05. The van der Waals surface area contributed by atoms with Gasteiger partial charge in [-0.05, 0) is 32.6 Å². The number of nitrogens with one attached hydrogen (secondary N) is 1. The van der Waals surface area contributed by atoms with Crippen molar-refractivity contribution in [1.82, 2.24) is 5.32 Å². The molecule has 2 aliphatic rings. The Bertz CT molecular complexity index is 311. The average molecular weight is 227 g/mol. The summed E-state index contributed by atoms with van der Waals surface area (Å²) in [5, 5.41) is 11.8. The van der Waals surface area contributed by atoms with E-state index >= 15 is 0 Å². The molecule has 0 aromatic heterocycles. The molecule has 1 aliphatic heterocycles. The van der Waals surface area contributed by atoms with Crippen molar-refractivity contribution in [2.24, 2.45) is 5.92 Å². The van der Waals surface area contributed by atoms with E-state index in [9.17, 15) is 9.59 Å². The molecule has 5 heteroatoms. The number of amides is 1. The van der Waals surface area contributed by atoms with Crippen LogP contribution in [0.25, 0.3) is 0 Å². The van der Waals surface area contributed by atoms with E-state index in [-0.39, 0.29) is 17.9 Å². The van der Waals surface area contributed by atoms with E-state index in [0.29, 0.717) is 25.9 Å². The van der Waals surface area contributed by atoms with Crippen molar-refractivity contribution in [3.8, 4) is 0 Å². The topological polar surface area (TPSA) is 75.6 Å². The highest BCUT2D eigenvalue weighted by Gasteiger charge is 2.47. The third-order valence-electron chi connectivity index (χ3n) is 3.69. The summed E-state index contributed by atoms with van der Waals surface area (Å²) < 4.78 is 5.30. The molecule has 2 fully saturated rings. The lowest BCUT2D eigenvalue weighted by molar-refractivity contribution is -0.152. The Labute approximate surface area is 94.2 Å². The summed E-state index contributed by atoms with van der Waals surface area (Å²) >= 11 is 0. The molecule has 0 radical (unpaired) electrons. The third kappa shape index (κ3) is 1.80. The highest BCUT2D eigenvalue weighted by atomic mass is 16.5. The maximum absolute atomic E-state index is 11.9. The fraction of sp³-hybridized carbons (Fsp3) is 0.818. The standard InChI is InChI=1S/C11H17NO4/c1-7-8(3-6-16-7)9(13)12-11(10(14)15)4-2-5-11/h7-8H,2-6H2,1H3,(H,12,13)(H,14,15). The first-order valence-electron chi connectivity index (χ1n) is 5.72. The summed E-state index contributed by atoms with van der Waals surface area (Å²) in [6, 6.07) is 0. The first kappa shape index (κ1) is 11.4. The molecule has 1 saturated carbocycles. The van der Waals surface area contributed by atoms with Crippen molar-refractivity contribution >= 4 is 11.9 Å². The Morgan fingerprint density at radius 2 is 2.12 bits per heavy atom. The molecule has 0 spiro atoms. The van der Waals surface area contributed by atoms with Gasteiger partial charge in [0.1, 0.15) is 5.54 Å². The quantitative estimate of drug-likeness (QED) is 0.737. The maximum atomic E-state index is 11.9. The Hall–Kier alpha value is -1.10. The number of carboxylic acid groups (broad SMARTS) is 1. The zero-order chi connectivity index (χ0) is 11.8. The number of carbonyl (C=O) groups excluding carboxylic acids is 1. The highest BCUT2D eigenvalue weighted by molar-refractivity contribution is 5.89. The molecule has 1 saturated heterocycles. The Morgan fingerprint density at radius 1 is 1.44 bits per heavy atom. The number of aliphatic carboxylic acids is 1. The normalized spacial score (nSPS) is 31.8. The Morgan fingerprint density at radius 3 is 2.50 bits per heavy atom. The van der Waals surface area contributed by atoms with Crippen molar-refractivity contribution < 1.29 is 19.4 Å². The molecule has 0 aromatic rings. The summed E-state index contributed by atoms with van der Waals surface area (Å²) in [6.45, 7) is 2.44. The van der Waals surface area contributed by atoms with Gasteiger partial charge in [-0.15, -0.1) is 0 Å². The second-order valence-corrected chi connectivity index (χ2v) is 4.70. The Kier molecular flexibility index (Phi) is 2.88. The summed E-state index contributed by atoms with van der Waals surface area (Å²) in [7, 11) is 0. The van der Waals surface area contributed by atoms with Crippen LogP contribution >= 0.6 is 0 Å². The minimum atomic E-state index is -1.00. The molecule has 5 nitrogen and oxygen atoms in total. The largest absolute Gasteiger partial charge is 0.480 e. The predicted molar refractivity (Wildman–Crippen MR) is 55.9 cm³/mol. The Balaban J connectivity index is 1.98. The van der Waals surface area contributed by atoms with Crippen molar-refractivity contribution in [2.75, 3.05) is 6.61 Å². The minimum Gasteiger partial charge on any atom is -0.480 e. The summed E-state index contributed by atoms with van der Waals surface area (Å²) in [5.41, 5.74) is -1.00. The number of carboxylic acids is 1. The van der Waals surface area contributed by atoms with Gasteiger partial charge in [-0.3, -0.25) is 4.79 Å². The molecule has 1 aliphatic carbocycles. The highest BCUT2D eigenvalue weighted by Crippen LogP contribution is 2.33. The lowest BCUT2D eigenvalue weighted by Gasteiger charge is -2.39. The van der Waals surface area contributed by atoms with E-state index in [1.807, 2.05) is 6.92 Å². The molecule has 16 heavy (non-hydrogen) atoms. The van der Waals surface area contributed by atoms with Crippen LogP contribution in [0.2, 0.25) is 0 Å². The lowest BCUT2D eigenvalue weighted by Crippen LogP contribution is -2.60. The van der Waals surface area contributed by atoms with E-state index in [2.05, 4.69) is 5.32 Å². The molecule has 0 bridgehead atoms. The SMILES string of the molecule is CC1OCCC1C(=O)NC1(C(=O)O)CCC1. The van der Waals surface area contributed by atoms with Crippen molar-refractivity contribution in [3.05, 3.63) is 0 Å². The van der Waals surface area contributed by atoms with Gasteiger partial charge in [0.05, 0.1) is 12.0 Å². The molecule has 1 amide bonds. The first-order valence-corrected chi connectivity index (χ1v) is 5.72. The van der Waals surface area contributed by atoms with Crippen LogP contribution in [0.1, 0.15) is 32.6 Å². The molecule has 2 N–H and O–H groups in total. The summed E-state index contributed by atoms with van der Waals surface area (Å²) in [5.74, 6) is -1.29. The van der Waals surface area contributed by atoms with Gasteiger partial charge in [-0.2, -0.15) is 0 Å². The van der Waals surface area contributed by atoms with Crippen LogP contribution < -0.4 is 5.32 Å². The van der Waals surface area contributed by atoms with Gasteiger partial charge in [0, 0.05) is 6.61 Å². The summed E-state index contributed by atoms with van der Waals surface area (Å²) in [6.07, 6.45) is 2.52. The van der Waals surface area contributed by atoms with Gasteiger partial charge < -0.3 is 15.2 Å². The molecule has 2 atom stereocenters. The van der Waals surface area contributed by atoms with Crippen LogP contribution in [0.4, 0.5) is 0 Å². The first-order chi connectivity index (χ1) is 7.55. The van der Waals surface area contributed by atoms with Gasteiger partial charge in [0.25, 0.3) is 0 Å². The van der Waals surface area contributed by atoms with Crippen LogP contribution in [-0.2, 0) is 14.3 Å². The van der Waals surface area contributed by atoms with Gasteiger partial charge in [-0.1, -0.05) is 0 Å². The fourth-order valence-corrected chi connectivity index (χ4v) is 2.33. The van der Waals surface area contributed by atoms with E-state index in [1.165, 1.54) is 0 Å². The van der Waals surface area contributed by atoms with Crippen LogP contribution in [-0.4, -0.2) is 35.2 Å². The molecule has 0 aromatic carbocycles. The van der Waals surface area contributed by atoms with Crippen molar-refractivity contribution in [1.29, 1.82) is 0 Å². The zero-order valence-corrected chi connectivity index (χ0v) is 9.36. The van der Waals surface area contributed by atoms with Gasteiger partial charge in [-0.25, -0.2) is 4.79 Å². The van der Waals surface area contributed by atoms with Crippen molar-refractivity contribution in [2.45, 2.75) is 44.2 Å². The van der Waals surface area contributed by atoms with Gasteiger partial charge in [0.2, 0.25) is 5.91 Å². The number of hydrogen-bond donors (Lipinski definition) is 2. The van der Waals surface area contributed by atoms with E-state index in [1.54, 1.807) is 0 Å². The predicted octanol–water partition coefficient (Wildman–Crippen LogP) is 0.535. The van der Waals surface area contributed by atoms with Gasteiger partial charge >= 0.3 is 5.97 Å². The third-order valence-corrected chi connectivity index (χ3v) is 3.69. The molecule has 2 unspecified atom stereocenters. The summed E-state index contributed by atoms with van der Waals surface area (Å²) in [4.78, 5) is 23.0. The molecule has 1 heterocycles. The smallest absolute Gasteiger partial charge is 0.329 e. The molecule has 2 rings (SSSR count). The van der Waals surface area contributed by atoms with E-state index in [0.717, 1.165) is 6.42 Å². The van der Waals surface area contributed by atoms with Crippen LogP contribution in [0.5, 0.6) is 0 Å². The number of ether oxygens (including phenoxy) is 1. The van der Waals surface area contributed by atoms with Crippen molar-refractivity contribution in [3.63, 3.8) is 0 Å². The number of rotatable bonds is 3. The molecule has 90 valence electrons. The van der Waals surface area contributed by atoms with Crippen LogP contribution in [0.3, 0.4) is 0 Å².